The molecule has 116 valence electrons. The first kappa shape index (κ1) is 15.7. The van der Waals surface area contributed by atoms with Gasteiger partial charge in [-0.1, -0.05) is 11.6 Å². The van der Waals surface area contributed by atoms with Gasteiger partial charge in [0.1, 0.15) is 5.82 Å². The van der Waals surface area contributed by atoms with Crippen molar-refractivity contribution in [2.24, 2.45) is 5.84 Å². The summed E-state index contributed by atoms with van der Waals surface area (Å²) in [5.74, 6) is 3.29. The number of hydrogen-bond acceptors (Lipinski definition) is 6. The second-order valence-electron chi connectivity index (χ2n) is 3.98. The SMILES string of the molecule is NNC(=O)c1nn(COc2cc(F)ccc2[N+](=O)[O-])cc1Cl. The minimum atomic E-state index is -0.710. The van der Waals surface area contributed by atoms with Gasteiger partial charge in [0.05, 0.1) is 9.95 Å². The number of hydrogen-bond donors (Lipinski definition) is 2. The van der Waals surface area contributed by atoms with Crippen LogP contribution in [0.1, 0.15) is 10.5 Å². The van der Waals surface area contributed by atoms with Crippen molar-refractivity contribution in [3.63, 3.8) is 0 Å². The lowest BCUT2D eigenvalue weighted by Crippen LogP contribution is -2.30. The van der Waals surface area contributed by atoms with Crippen molar-refractivity contribution < 1.29 is 18.8 Å². The van der Waals surface area contributed by atoms with Gasteiger partial charge in [-0.15, -0.1) is 0 Å². The summed E-state index contributed by atoms with van der Waals surface area (Å²) < 4.78 is 19.4. The van der Waals surface area contributed by atoms with Crippen LogP contribution in [0.4, 0.5) is 10.1 Å². The molecule has 0 aliphatic heterocycles. The van der Waals surface area contributed by atoms with E-state index in [9.17, 15) is 19.3 Å². The molecule has 0 unspecified atom stereocenters. The Bertz CT molecular complexity index is 735. The molecule has 1 aromatic heterocycles. The summed E-state index contributed by atoms with van der Waals surface area (Å²) in [5.41, 5.74) is 1.32. The lowest BCUT2D eigenvalue weighted by Gasteiger charge is -2.06. The topological polar surface area (TPSA) is 125 Å². The summed E-state index contributed by atoms with van der Waals surface area (Å²) in [6.45, 7) is -0.318. The van der Waals surface area contributed by atoms with Crippen LogP contribution in [0.2, 0.25) is 5.02 Å². The Morgan fingerprint density at radius 2 is 2.32 bits per heavy atom. The highest BCUT2D eigenvalue weighted by Gasteiger charge is 2.18. The first-order chi connectivity index (χ1) is 10.4. The molecule has 2 rings (SSSR count). The Morgan fingerprint density at radius 3 is 2.95 bits per heavy atom. The third-order valence-electron chi connectivity index (χ3n) is 2.53. The fourth-order valence-corrected chi connectivity index (χ4v) is 1.81. The molecule has 1 heterocycles. The maximum atomic E-state index is 13.1. The Kier molecular flexibility index (Phi) is 4.53. The number of rotatable bonds is 5. The maximum Gasteiger partial charge on any atom is 0.311 e. The molecular formula is C11H9ClFN5O4. The first-order valence-corrected chi connectivity index (χ1v) is 6.11. The third-order valence-corrected chi connectivity index (χ3v) is 2.81. The number of nitro benzene ring substituents is 1. The Labute approximate surface area is 127 Å². The number of hydrazine groups is 1. The van der Waals surface area contributed by atoms with E-state index in [2.05, 4.69) is 5.10 Å². The van der Waals surface area contributed by atoms with E-state index in [1.807, 2.05) is 5.43 Å². The quantitative estimate of drug-likeness (QED) is 0.368. The molecule has 22 heavy (non-hydrogen) atoms. The van der Waals surface area contributed by atoms with Gasteiger partial charge in [-0.25, -0.2) is 14.9 Å². The lowest BCUT2D eigenvalue weighted by molar-refractivity contribution is -0.386. The molecule has 0 saturated heterocycles. The largest absolute Gasteiger partial charge is 0.464 e. The molecule has 2 aromatic rings. The highest BCUT2D eigenvalue weighted by molar-refractivity contribution is 6.33. The molecule has 1 aromatic carbocycles. The van der Waals surface area contributed by atoms with Crippen LogP contribution in [0.25, 0.3) is 0 Å². The minimum Gasteiger partial charge on any atom is -0.464 e. The van der Waals surface area contributed by atoms with Crippen molar-refractivity contribution in [2.45, 2.75) is 6.73 Å². The van der Waals surface area contributed by atoms with E-state index >= 15 is 0 Å². The molecular weight excluding hydrogens is 321 g/mol. The van der Waals surface area contributed by atoms with Crippen LogP contribution in [0.15, 0.2) is 24.4 Å². The average Bonchev–Trinajstić information content (AvgIpc) is 2.85. The van der Waals surface area contributed by atoms with Gasteiger partial charge in [-0.3, -0.25) is 20.3 Å². The molecule has 0 atom stereocenters. The van der Waals surface area contributed by atoms with E-state index in [1.54, 1.807) is 0 Å². The van der Waals surface area contributed by atoms with Crippen LogP contribution in [0, 0.1) is 15.9 Å². The number of nitro groups is 1. The lowest BCUT2D eigenvalue weighted by atomic mass is 10.3. The van der Waals surface area contributed by atoms with Gasteiger partial charge < -0.3 is 4.74 Å². The van der Waals surface area contributed by atoms with Crippen molar-refractivity contribution in [3.8, 4) is 5.75 Å². The van der Waals surface area contributed by atoms with Gasteiger partial charge in [-0.05, 0) is 6.07 Å². The second kappa shape index (κ2) is 6.37. The Hall–Kier alpha value is -2.72. The average molecular weight is 330 g/mol. The number of aromatic nitrogens is 2. The second-order valence-corrected chi connectivity index (χ2v) is 4.39. The van der Waals surface area contributed by atoms with Crippen LogP contribution in [0.5, 0.6) is 5.75 Å². The van der Waals surface area contributed by atoms with E-state index in [0.29, 0.717) is 0 Å². The molecule has 0 bridgehead atoms. The maximum absolute atomic E-state index is 13.1. The highest BCUT2D eigenvalue weighted by atomic mass is 35.5. The minimum absolute atomic E-state index is 0.0142. The molecule has 0 aliphatic carbocycles. The van der Waals surface area contributed by atoms with Crippen LogP contribution in [-0.2, 0) is 6.73 Å². The normalized spacial score (nSPS) is 10.3. The van der Waals surface area contributed by atoms with Gasteiger partial charge in [0.25, 0.3) is 5.91 Å². The molecule has 3 N–H and O–H groups in total. The predicted molar refractivity (Wildman–Crippen MR) is 72.6 cm³/mol. The van der Waals surface area contributed by atoms with Crippen molar-refractivity contribution in [2.75, 3.05) is 0 Å². The van der Waals surface area contributed by atoms with Crippen molar-refractivity contribution in [3.05, 3.63) is 51.0 Å². The van der Waals surface area contributed by atoms with Crippen molar-refractivity contribution in [1.29, 1.82) is 0 Å². The van der Waals surface area contributed by atoms with Gasteiger partial charge in [-0.2, -0.15) is 5.10 Å². The van der Waals surface area contributed by atoms with Crippen LogP contribution >= 0.6 is 11.6 Å². The number of ether oxygens (including phenoxy) is 1. The molecule has 0 spiro atoms. The molecule has 0 fully saturated rings. The number of nitrogen functional groups attached to an aromatic ring is 1. The zero-order chi connectivity index (χ0) is 16.3. The van der Waals surface area contributed by atoms with Gasteiger partial charge in [0.2, 0.25) is 5.75 Å². The van der Waals surface area contributed by atoms with E-state index < -0.39 is 22.3 Å². The Morgan fingerprint density at radius 1 is 1.59 bits per heavy atom. The summed E-state index contributed by atoms with van der Waals surface area (Å²) in [6, 6.07) is 2.80. The predicted octanol–water partition coefficient (Wildman–Crippen LogP) is 1.22. The van der Waals surface area contributed by atoms with E-state index in [4.69, 9.17) is 22.2 Å². The zero-order valence-electron chi connectivity index (χ0n) is 10.8. The summed E-state index contributed by atoms with van der Waals surface area (Å²) in [6.07, 6.45) is 1.26. The van der Waals surface area contributed by atoms with E-state index in [-0.39, 0.29) is 23.2 Å². The van der Waals surface area contributed by atoms with Gasteiger partial charge in [0.15, 0.2) is 12.4 Å². The smallest absolute Gasteiger partial charge is 0.311 e. The number of nitrogens with zero attached hydrogens (tertiary/aromatic N) is 3. The third kappa shape index (κ3) is 3.30. The summed E-state index contributed by atoms with van der Waals surface area (Å²) >= 11 is 5.78. The number of carbonyl (C=O) groups is 1. The zero-order valence-corrected chi connectivity index (χ0v) is 11.6. The molecule has 0 saturated carbocycles. The molecule has 1 amide bonds. The molecule has 9 nitrogen and oxygen atoms in total. The van der Waals surface area contributed by atoms with E-state index in [1.165, 1.54) is 6.20 Å². The fraction of sp³-hybridized carbons (Fsp3) is 0.0909. The Balaban J connectivity index is 2.19. The number of amides is 1. The van der Waals surface area contributed by atoms with Crippen LogP contribution in [0.3, 0.4) is 0 Å². The monoisotopic (exact) mass is 329 g/mol. The standard InChI is InChI=1S/C11H9ClFN5O4/c12-7-4-17(16-10(7)11(19)15-14)5-22-9-3-6(13)1-2-8(9)18(20)21/h1-4H,5,14H2,(H,15,19). The van der Waals surface area contributed by atoms with Crippen LogP contribution < -0.4 is 16.0 Å². The first-order valence-electron chi connectivity index (χ1n) is 5.73. The van der Waals surface area contributed by atoms with Gasteiger partial charge >= 0.3 is 5.69 Å². The molecule has 0 radical (unpaired) electrons. The number of carbonyl (C=O) groups excluding carboxylic acids is 1. The molecule has 11 heteroatoms. The summed E-state index contributed by atoms with van der Waals surface area (Å²) in [7, 11) is 0. The number of halogens is 2. The highest BCUT2D eigenvalue weighted by Crippen LogP contribution is 2.27. The van der Waals surface area contributed by atoms with Gasteiger partial charge in [0, 0.05) is 18.3 Å². The van der Waals surface area contributed by atoms with Crippen molar-refractivity contribution >= 4 is 23.2 Å². The van der Waals surface area contributed by atoms with E-state index in [0.717, 1.165) is 22.9 Å². The summed E-state index contributed by atoms with van der Waals surface area (Å²) in [5, 5.41) is 14.6. The molecule has 0 aliphatic rings. The number of nitrogens with one attached hydrogen (secondary N) is 1. The van der Waals surface area contributed by atoms with Crippen LogP contribution in [-0.4, -0.2) is 20.6 Å². The number of nitrogens with two attached hydrogens (primary N) is 1. The van der Waals surface area contributed by atoms with Crippen molar-refractivity contribution in [1.82, 2.24) is 15.2 Å². The number of benzene rings is 1. The fourth-order valence-electron chi connectivity index (χ4n) is 1.58. The summed E-state index contributed by atoms with van der Waals surface area (Å²) in [4.78, 5) is 21.4.